The van der Waals surface area contributed by atoms with Crippen molar-refractivity contribution in [3.05, 3.63) is 24.3 Å². The second-order valence-corrected chi connectivity index (χ2v) is 3.20. The third-order valence-electron chi connectivity index (χ3n) is 1.99. The fraction of sp³-hybridized carbons (Fsp3) is 0.333. The molecule has 2 atom stereocenters. The first-order chi connectivity index (χ1) is 7.18. The summed E-state index contributed by atoms with van der Waals surface area (Å²) >= 11 is 0. The van der Waals surface area contributed by atoms with Crippen molar-refractivity contribution in [2.45, 2.75) is 19.1 Å². The highest BCUT2D eigenvalue weighted by Gasteiger charge is 2.20. The van der Waals surface area contributed by atoms with Crippen molar-refractivity contribution in [1.29, 1.82) is 0 Å². The Morgan fingerprint density at radius 2 is 2.33 bits per heavy atom. The van der Waals surface area contributed by atoms with Crippen LogP contribution in [0.25, 0.3) is 11.6 Å². The Morgan fingerprint density at radius 1 is 1.53 bits per heavy atom. The second kappa shape index (κ2) is 3.84. The van der Waals surface area contributed by atoms with Crippen LogP contribution in [0, 0.1) is 0 Å². The molecule has 15 heavy (non-hydrogen) atoms. The van der Waals surface area contributed by atoms with Crippen LogP contribution < -0.4 is 5.73 Å². The summed E-state index contributed by atoms with van der Waals surface area (Å²) in [6.07, 6.45) is 0.773. The van der Waals surface area contributed by atoms with Gasteiger partial charge in [0.05, 0.1) is 12.4 Å². The van der Waals surface area contributed by atoms with Gasteiger partial charge in [0.15, 0.2) is 5.76 Å². The van der Waals surface area contributed by atoms with Gasteiger partial charge in [0.2, 0.25) is 11.7 Å². The van der Waals surface area contributed by atoms with Crippen molar-refractivity contribution in [2.24, 2.45) is 5.73 Å². The summed E-state index contributed by atoms with van der Waals surface area (Å²) in [5.41, 5.74) is 5.63. The van der Waals surface area contributed by atoms with Crippen molar-refractivity contribution in [2.75, 3.05) is 0 Å². The molecule has 0 radical (unpaired) electrons. The number of nitrogens with two attached hydrogens (primary N) is 1. The molecule has 2 aromatic heterocycles. The summed E-state index contributed by atoms with van der Waals surface area (Å²) in [6, 6.07) is 2.75. The molecule has 0 aliphatic heterocycles. The fourth-order valence-corrected chi connectivity index (χ4v) is 1.08. The van der Waals surface area contributed by atoms with Gasteiger partial charge in [0, 0.05) is 0 Å². The van der Waals surface area contributed by atoms with Gasteiger partial charge in [-0.3, -0.25) is 0 Å². The molecular formula is C9H11N3O3. The van der Waals surface area contributed by atoms with E-state index in [9.17, 15) is 5.11 Å². The van der Waals surface area contributed by atoms with E-state index in [1.54, 1.807) is 19.1 Å². The molecule has 80 valence electrons. The number of rotatable bonds is 3. The zero-order chi connectivity index (χ0) is 10.8. The Labute approximate surface area is 85.7 Å². The van der Waals surface area contributed by atoms with E-state index in [0.717, 1.165) is 0 Å². The van der Waals surface area contributed by atoms with Crippen molar-refractivity contribution < 1.29 is 14.0 Å². The van der Waals surface area contributed by atoms with Gasteiger partial charge in [0.1, 0.15) is 6.04 Å². The largest absolute Gasteiger partial charge is 0.461 e. The quantitative estimate of drug-likeness (QED) is 0.772. The van der Waals surface area contributed by atoms with Gasteiger partial charge in [-0.15, -0.1) is 0 Å². The van der Waals surface area contributed by atoms with E-state index in [4.69, 9.17) is 14.7 Å². The monoisotopic (exact) mass is 209 g/mol. The average Bonchev–Trinajstić information content (AvgIpc) is 2.86. The van der Waals surface area contributed by atoms with Crippen LogP contribution in [-0.2, 0) is 0 Å². The molecule has 2 rings (SSSR count). The number of furan rings is 1. The highest BCUT2D eigenvalue weighted by molar-refractivity contribution is 5.44. The van der Waals surface area contributed by atoms with Gasteiger partial charge in [-0.05, 0) is 19.1 Å². The molecule has 0 aromatic carbocycles. The normalized spacial score (nSPS) is 15.1. The van der Waals surface area contributed by atoms with E-state index in [0.29, 0.717) is 11.6 Å². The molecule has 3 N–H and O–H groups in total. The number of hydrogen-bond donors (Lipinski definition) is 2. The first kappa shape index (κ1) is 9.88. The number of hydrogen-bond acceptors (Lipinski definition) is 6. The van der Waals surface area contributed by atoms with E-state index in [1.807, 2.05) is 0 Å². The van der Waals surface area contributed by atoms with Crippen LogP contribution in [-0.4, -0.2) is 21.4 Å². The highest BCUT2D eigenvalue weighted by Crippen LogP contribution is 2.19. The van der Waals surface area contributed by atoms with E-state index >= 15 is 0 Å². The Morgan fingerprint density at radius 3 is 2.93 bits per heavy atom. The topological polar surface area (TPSA) is 98.3 Å². The second-order valence-electron chi connectivity index (χ2n) is 3.20. The van der Waals surface area contributed by atoms with Crippen LogP contribution in [0.4, 0.5) is 0 Å². The van der Waals surface area contributed by atoms with Gasteiger partial charge in [-0.2, -0.15) is 4.98 Å². The molecule has 6 heteroatoms. The lowest BCUT2D eigenvalue weighted by atomic mass is 10.2. The summed E-state index contributed by atoms with van der Waals surface area (Å²) in [4.78, 5) is 4.02. The molecule has 0 bridgehead atoms. The zero-order valence-electron chi connectivity index (χ0n) is 8.12. The Hall–Kier alpha value is -1.66. The maximum absolute atomic E-state index is 9.24. The van der Waals surface area contributed by atoms with Crippen molar-refractivity contribution in [3.8, 4) is 11.6 Å². The molecule has 0 amide bonds. The summed E-state index contributed by atoms with van der Waals surface area (Å²) < 4.78 is 9.99. The van der Waals surface area contributed by atoms with Gasteiger partial charge in [0.25, 0.3) is 0 Å². The molecule has 2 heterocycles. The van der Waals surface area contributed by atoms with E-state index in [2.05, 4.69) is 10.1 Å². The third-order valence-corrected chi connectivity index (χ3v) is 1.99. The van der Waals surface area contributed by atoms with E-state index in [-0.39, 0.29) is 5.89 Å². The Balaban J connectivity index is 2.25. The maximum atomic E-state index is 9.24. The molecule has 0 saturated carbocycles. The maximum Gasteiger partial charge on any atom is 0.246 e. The van der Waals surface area contributed by atoms with Crippen molar-refractivity contribution in [3.63, 3.8) is 0 Å². The lowest BCUT2D eigenvalue weighted by Gasteiger charge is -2.08. The predicted molar refractivity (Wildman–Crippen MR) is 50.6 cm³/mol. The highest BCUT2D eigenvalue weighted by atomic mass is 16.5. The predicted octanol–water partition coefficient (Wildman–Crippen LogP) is 0.710. The molecular weight excluding hydrogens is 198 g/mol. The fourth-order valence-electron chi connectivity index (χ4n) is 1.08. The van der Waals surface area contributed by atoms with Gasteiger partial charge in [-0.25, -0.2) is 0 Å². The van der Waals surface area contributed by atoms with Gasteiger partial charge in [-0.1, -0.05) is 5.16 Å². The minimum atomic E-state index is -0.741. The number of aromatic nitrogens is 2. The lowest BCUT2D eigenvalue weighted by molar-refractivity contribution is 0.146. The summed E-state index contributed by atoms with van der Waals surface area (Å²) in [7, 11) is 0. The Bertz CT molecular complexity index is 422. The van der Waals surface area contributed by atoms with Gasteiger partial charge < -0.3 is 19.8 Å². The first-order valence-electron chi connectivity index (χ1n) is 4.49. The van der Waals surface area contributed by atoms with E-state index < -0.39 is 12.1 Å². The lowest BCUT2D eigenvalue weighted by Crippen LogP contribution is -2.23. The molecule has 2 aromatic rings. The first-order valence-corrected chi connectivity index (χ1v) is 4.49. The van der Waals surface area contributed by atoms with Crippen molar-refractivity contribution >= 4 is 0 Å². The molecule has 0 saturated heterocycles. The van der Waals surface area contributed by atoms with Crippen LogP contribution in [0.5, 0.6) is 0 Å². The number of aliphatic hydroxyl groups is 1. The van der Waals surface area contributed by atoms with Gasteiger partial charge >= 0.3 is 0 Å². The van der Waals surface area contributed by atoms with Crippen LogP contribution >= 0.6 is 0 Å². The molecule has 2 unspecified atom stereocenters. The van der Waals surface area contributed by atoms with E-state index in [1.165, 1.54) is 6.26 Å². The van der Waals surface area contributed by atoms with Crippen LogP contribution in [0.15, 0.2) is 27.3 Å². The SMILES string of the molecule is CC(O)C(N)c1nc(-c2ccco2)no1. The standard InChI is InChI=1S/C9H11N3O3/c1-5(13)7(10)9-11-8(12-15-9)6-3-2-4-14-6/h2-5,7,13H,10H2,1H3. The molecule has 0 spiro atoms. The minimum absolute atomic E-state index is 0.191. The molecule has 0 fully saturated rings. The third kappa shape index (κ3) is 1.90. The average molecular weight is 209 g/mol. The summed E-state index contributed by atoms with van der Waals surface area (Å²) in [5.74, 6) is 1.02. The molecule has 6 nitrogen and oxygen atoms in total. The minimum Gasteiger partial charge on any atom is -0.461 e. The number of aliphatic hydroxyl groups excluding tert-OH is 1. The van der Waals surface area contributed by atoms with Crippen LogP contribution in [0.1, 0.15) is 18.9 Å². The van der Waals surface area contributed by atoms with Crippen molar-refractivity contribution in [1.82, 2.24) is 10.1 Å². The van der Waals surface area contributed by atoms with Crippen LogP contribution in [0.3, 0.4) is 0 Å². The molecule has 0 aliphatic rings. The Kier molecular flexibility index (Phi) is 2.53. The number of nitrogens with zero attached hydrogens (tertiary/aromatic N) is 2. The molecule has 0 aliphatic carbocycles. The smallest absolute Gasteiger partial charge is 0.246 e. The summed E-state index contributed by atoms with van der Waals surface area (Å²) in [6.45, 7) is 1.56. The summed E-state index contributed by atoms with van der Waals surface area (Å²) in [5, 5.41) is 12.9. The zero-order valence-corrected chi connectivity index (χ0v) is 8.12. The van der Waals surface area contributed by atoms with Crippen LogP contribution in [0.2, 0.25) is 0 Å².